The van der Waals surface area contributed by atoms with Crippen molar-refractivity contribution in [3.05, 3.63) is 72.1 Å². The molecule has 28 heavy (non-hydrogen) atoms. The number of aromatic nitrogens is 1. The van der Waals surface area contributed by atoms with Crippen LogP contribution in [0.15, 0.2) is 65.1 Å². The summed E-state index contributed by atoms with van der Waals surface area (Å²) in [5.74, 6) is 2.32. The van der Waals surface area contributed by atoms with Crippen molar-refractivity contribution < 1.29 is 13.9 Å². The minimum Gasteiger partial charge on any atom is -0.494 e. The fraction of sp³-hybridized carbons (Fsp3) is 0.304. The third-order valence-electron chi connectivity index (χ3n) is 4.82. The summed E-state index contributed by atoms with van der Waals surface area (Å²) in [6.07, 6.45) is 2.86. The van der Waals surface area contributed by atoms with E-state index in [1.54, 1.807) is 11.9 Å². The third kappa shape index (κ3) is 4.25. The van der Waals surface area contributed by atoms with Gasteiger partial charge in [0, 0.05) is 25.1 Å². The molecule has 1 amide bonds. The number of benzene rings is 2. The van der Waals surface area contributed by atoms with Crippen LogP contribution in [-0.2, 0) is 0 Å². The van der Waals surface area contributed by atoms with E-state index in [0.717, 1.165) is 36.3 Å². The van der Waals surface area contributed by atoms with Crippen molar-refractivity contribution in [1.82, 2.24) is 9.88 Å². The number of carbonyl (C=O) groups excluding carboxylic acids is 1. The standard InChI is InChI=1S/C23H24N2O3/c1-25(15-8-16-27-19-11-6-3-7-12-19)23(26)20-21(17-13-14-17)28-22(24-20)18-9-4-2-5-10-18/h2-7,9-12,17H,8,13-16H2,1H3. The van der Waals surface area contributed by atoms with E-state index in [-0.39, 0.29) is 5.91 Å². The van der Waals surface area contributed by atoms with Crippen LogP contribution in [0.5, 0.6) is 5.75 Å². The monoisotopic (exact) mass is 376 g/mol. The molecular weight excluding hydrogens is 352 g/mol. The first-order valence-electron chi connectivity index (χ1n) is 9.72. The molecule has 5 heteroatoms. The molecule has 3 aromatic rings. The molecule has 1 aliphatic carbocycles. The van der Waals surface area contributed by atoms with Gasteiger partial charge in [-0.15, -0.1) is 0 Å². The third-order valence-corrected chi connectivity index (χ3v) is 4.82. The van der Waals surface area contributed by atoms with Crippen molar-refractivity contribution in [3.63, 3.8) is 0 Å². The summed E-state index contributed by atoms with van der Waals surface area (Å²) in [5, 5.41) is 0. The van der Waals surface area contributed by atoms with Gasteiger partial charge in [-0.05, 0) is 43.5 Å². The summed E-state index contributed by atoms with van der Waals surface area (Å²) in [6.45, 7) is 1.16. The second-order valence-corrected chi connectivity index (χ2v) is 7.11. The summed E-state index contributed by atoms with van der Waals surface area (Å²) in [5.41, 5.74) is 1.34. The second kappa shape index (κ2) is 8.30. The van der Waals surface area contributed by atoms with Crippen LogP contribution in [-0.4, -0.2) is 36.0 Å². The molecule has 0 N–H and O–H groups in total. The molecule has 0 aliphatic heterocycles. The first kappa shape index (κ1) is 18.3. The van der Waals surface area contributed by atoms with Gasteiger partial charge in [-0.2, -0.15) is 0 Å². The Hall–Kier alpha value is -3.08. The van der Waals surface area contributed by atoms with Gasteiger partial charge in [0.1, 0.15) is 11.5 Å². The van der Waals surface area contributed by atoms with Gasteiger partial charge in [0.05, 0.1) is 6.61 Å². The molecule has 1 aliphatic rings. The van der Waals surface area contributed by atoms with Crippen LogP contribution >= 0.6 is 0 Å². The Morgan fingerprint density at radius 3 is 2.46 bits per heavy atom. The van der Waals surface area contributed by atoms with E-state index in [4.69, 9.17) is 9.15 Å². The lowest BCUT2D eigenvalue weighted by Crippen LogP contribution is -2.29. The van der Waals surface area contributed by atoms with Gasteiger partial charge in [-0.25, -0.2) is 4.98 Å². The molecule has 1 aromatic heterocycles. The minimum absolute atomic E-state index is 0.0902. The highest BCUT2D eigenvalue weighted by Crippen LogP contribution is 2.43. The quantitative estimate of drug-likeness (QED) is 0.532. The average Bonchev–Trinajstić information content (AvgIpc) is 3.50. The van der Waals surface area contributed by atoms with Crippen LogP contribution in [0.4, 0.5) is 0 Å². The minimum atomic E-state index is -0.0902. The largest absolute Gasteiger partial charge is 0.494 e. The SMILES string of the molecule is CN(CCCOc1ccccc1)C(=O)c1nc(-c2ccccc2)oc1C1CC1. The van der Waals surface area contributed by atoms with E-state index < -0.39 is 0 Å². The molecule has 1 fully saturated rings. The summed E-state index contributed by atoms with van der Waals surface area (Å²) < 4.78 is 11.7. The smallest absolute Gasteiger partial charge is 0.275 e. The summed E-state index contributed by atoms with van der Waals surface area (Å²) in [6, 6.07) is 19.4. The first-order chi connectivity index (χ1) is 13.7. The molecule has 0 unspecified atom stereocenters. The molecule has 144 valence electrons. The molecule has 0 bridgehead atoms. The lowest BCUT2D eigenvalue weighted by atomic mass is 10.2. The van der Waals surface area contributed by atoms with Gasteiger partial charge in [0.2, 0.25) is 5.89 Å². The maximum Gasteiger partial charge on any atom is 0.275 e. The van der Waals surface area contributed by atoms with Gasteiger partial charge < -0.3 is 14.1 Å². The lowest BCUT2D eigenvalue weighted by Gasteiger charge is -2.16. The normalized spacial score (nSPS) is 13.3. The van der Waals surface area contributed by atoms with E-state index in [9.17, 15) is 4.79 Å². The Kier molecular flexibility index (Phi) is 5.42. The molecule has 5 nitrogen and oxygen atoms in total. The number of hydrogen-bond donors (Lipinski definition) is 0. The molecule has 0 atom stereocenters. The zero-order valence-corrected chi connectivity index (χ0v) is 16.0. The summed E-state index contributed by atoms with van der Waals surface area (Å²) in [4.78, 5) is 19.2. The molecule has 4 rings (SSSR count). The van der Waals surface area contributed by atoms with E-state index in [2.05, 4.69) is 4.98 Å². The zero-order chi connectivity index (χ0) is 19.3. The van der Waals surface area contributed by atoms with Crippen LogP contribution in [0.25, 0.3) is 11.5 Å². The van der Waals surface area contributed by atoms with Crippen molar-refractivity contribution >= 4 is 5.91 Å². The Balaban J connectivity index is 1.40. The lowest BCUT2D eigenvalue weighted by molar-refractivity contribution is 0.0780. The van der Waals surface area contributed by atoms with E-state index in [1.165, 1.54) is 0 Å². The fourth-order valence-corrected chi connectivity index (χ4v) is 3.10. The maximum atomic E-state index is 13.0. The van der Waals surface area contributed by atoms with Crippen molar-refractivity contribution in [1.29, 1.82) is 0 Å². The van der Waals surface area contributed by atoms with Gasteiger partial charge in [0.25, 0.3) is 5.91 Å². The molecular formula is C23H24N2O3. The first-order valence-corrected chi connectivity index (χ1v) is 9.72. The summed E-state index contributed by atoms with van der Waals surface area (Å²) in [7, 11) is 1.80. The number of amides is 1. The number of carbonyl (C=O) groups is 1. The van der Waals surface area contributed by atoms with Crippen molar-refractivity contribution in [3.8, 4) is 17.2 Å². The molecule has 2 aromatic carbocycles. The number of nitrogens with zero attached hydrogens (tertiary/aromatic N) is 2. The molecule has 1 heterocycles. The molecule has 0 saturated heterocycles. The van der Waals surface area contributed by atoms with Crippen molar-refractivity contribution in [2.45, 2.75) is 25.2 Å². The van der Waals surface area contributed by atoms with Crippen molar-refractivity contribution in [2.75, 3.05) is 20.2 Å². The molecule has 0 spiro atoms. The van der Waals surface area contributed by atoms with Crippen LogP contribution in [0.2, 0.25) is 0 Å². The number of para-hydroxylation sites is 1. The number of oxazole rings is 1. The molecule has 0 radical (unpaired) electrons. The number of rotatable bonds is 8. The van der Waals surface area contributed by atoms with Crippen LogP contribution in [0.1, 0.15) is 41.4 Å². The number of hydrogen-bond acceptors (Lipinski definition) is 4. The Morgan fingerprint density at radius 2 is 1.79 bits per heavy atom. The zero-order valence-electron chi connectivity index (χ0n) is 16.0. The average molecular weight is 376 g/mol. The van der Waals surface area contributed by atoms with Gasteiger partial charge in [-0.3, -0.25) is 4.79 Å². The van der Waals surface area contributed by atoms with E-state index in [0.29, 0.717) is 30.7 Å². The topological polar surface area (TPSA) is 55.6 Å². The second-order valence-electron chi connectivity index (χ2n) is 7.11. The predicted octanol–water partition coefficient (Wildman–Crippen LogP) is 4.76. The van der Waals surface area contributed by atoms with Crippen LogP contribution in [0.3, 0.4) is 0 Å². The highest BCUT2D eigenvalue weighted by Gasteiger charge is 2.34. The number of ether oxygens (including phenoxy) is 1. The Labute approximate surface area is 165 Å². The maximum absolute atomic E-state index is 13.0. The Bertz CT molecular complexity index is 918. The molecule has 1 saturated carbocycles. The van der Waals surface area contributed by atoms with Gasteiger partial charge in [-0.1, -0.05) is 36.4 Å². The van der Waals surface area contributed by atoms with Crippen molar-refractivity contribution in [2.24, 2.45) is 0 Å². The van der Waals surface area contributed by atoms with E-state index in [1.807, 2.05) is 60.7 Å². The van der Waals surface area contributed by atoms with Gasteiger partial charge in [0.15, 0.2) is 5.69 Å². The van der Waals surface area contributed by atoms with Gasteiger partial charge >= 0.3 is 0 Å². The highest BCUT2D eigenvalue weighted by atomic mass is 16.5. The predicted molar refractivity (Wildman–Crippen MR) is 107 cm³/mol. The Morgan fingerprint density at radius 1 is 1.11 bits per heavy atom. The van der Waals surface area contributed by atoms with E-state index >= 15 is 0 Å². The van der Waals surface area contributed by atoms with Crippen LogP contribution in [0, 0.1) is 0 Å². The highest BCUT2D eigenvalue weighted by molar-refractivity contribution is 5.94. The summed E-state index contributed by atoms with van der Waals surface area (Å²) >= 11 is 0. The fourth-order valence-electron chi connectivity index (χ4n) is 3.10. The van der Waals surface area contributed by atoms with Crippen LogP contribution < -0.4 is 4.74 Å².